The smallest absolute Gasteiger partial charge is 0.203 e. The van der Waals surface area contributed by atoms with Crippen LogP contribution in [0.4, 0.5) is 5.13 Å². The SMILES string of the molecule is Cc1cc(/C=N\Nc2nc(-c3ccc(Br)cc3)cs2)c(C)n1-c1ccc(Br)cc1. The maximum atomic E-state index is 4.61. The summed E-state index contributed by atoms with van der Waals surface area (Å²) in [6.07, 6.45) is 1.85. The van der Waals surface area contributed by atoms with Crippen LogP contribution in [-0.2, 0) is 0 Å². The lowest BCUT2D eigenvalue weighted by molar-refractivity contribution is 0.964. The average Bonchev–Trinajstić information content (AvgIpc) is 3.28. The molecule has 0 saturated carbocycles. The summed E-state index contributed by atoms with van der Waals surface area (Å²) < 4.78 is 4.35. The summed E-state index contributed by atoms with van der Waals surface area (Å²) >= 11 is 8.48. The van der Waals surface area contributed by atoms with E-state index in [0.29, 0.717) is 0 Å². The van der Waals surface area contributed by atoms with Crippen LogP contribution < -0.4 is 5.43 Å². The Labute approximate surface area is 190 Å². The first-order valence-corrected chi connectivity index (χ1v) is 11.4. The number of anilines is 1. The third-order valence-electron chi connectivity index (χ3n) is 4.56. The average molecular weight is 530 g/mol. The van der Waals surface area contributed by atoms with E-state index in [4.69, 9.17) is 0 Å². The molecule has 0 unspecified atom stereocenters. The monoisotopic (exact) mass is 528 g/mol. The van der Waals surface area contributed by atoms with Crippen LogP contribution in [0, 0.1) is 13.8 Å². The Hall–Kier alpha value is -2.22. The highest BCUT2D eigenvalue weighted by atomic mass is 79.9. The molecule has 0 spiro atoms. The molecule has 0 radical (unpaired) electrons. The van der Waals surface area contributed by atoms with Gasteiger partial charge in [-0.3, -0.25) is 5.43 Å². The summed E-state index contributed by atoms with van der Waals surface area (Å²) in [5.41, 5.74) is 9.59. The first kappa shape index (κ1) is 20.1. The first-order valence-electron chi connectivity index (χ1n) is 8.97. The second-order valence-electron chi connectivity index (χ2n) is 6.55. The molecule has 146 valence electrons. The van der Waals surface area contributed by atoms with Crippen LogP contribution in [0.5, 0.6) is 0 Å². The molecule has 2 heterocycles. The Morgan fingerprint density at radius 3 is 2.34 bits per heavy atom. The van der Waals surface area contributed by atoms with Gasteiger partial charge < -0.3 is 4.57 Å². The predicted octanol–water partition coefficient (Wildman–Crippen LogP) is 7.19. The number of hydrazone groups is 1. The highest BCUT2D eigenvalue weighted by Gasteiger charge is 2.09. The summed E-state index contributed by atoms with van der Waals surface area (Å²) in [6, 6.07) is 18.6. The zero-order chi connectivity index (χ0) is 20.4. The van der Waals surface area contributed by atoms with E-state index in [2.05, 4.69) is 96.1 Å². The van der Waals surface area contributed by atoms with E-state index >= 15 is 0 Å². The second-order valence-corrected chi connectivity index (χ2v) is 9.24. The lowest BCUT2D eigenvalue weighted by Gasteiger charge is -2.09. The van der Waals surface area contributed by atoms with Crippen LogP contribution >= 0.6 is 43.2 Å². The largest absolute Gasteiger partial charge is 0.318 e. The summed E-state index contributed by atoms with van der Waals surface area (Å²) in [4.78, 5) is 4.61. The standard InChI is InChI=1S/C22H18Br2N4S/c1-14-11-17(15(2)28(14)20-9-7-19(24)8-10-20)12-25-27-22-26-21(13-29-22)16-3-5-18(23)6-4-16/h3-13H,1-2H3,(H,26,27)/b25-12-. The molecule has 0 amide bonds. The molecule has 0 aliphatic carbocycles. The number of aryl methyl sites for hydroxylation is 1. The van der Waals surface area contributed by atoms with Gasteiger partial charge in [0.1, 0.15) is 0 Å². The quantitative estimate of drug-likeness (QED) is 0.219. The fourth-order valence-corrected chi connectivity index (χ4v) is 4.34. The Bertz CT molecular complexity index is 1160. The van der Waals surface area contributed by atoms with Crippen molar-refractivity contribution in [2.75, 3.05) is 5.43 Å². The molecule has 0 saturated heterocycles. The van der Waals surface area contributed by atoms with Crippen LogP contribution in [0.25, 0.3) is 16.9 Å². The van der Waals surface area contributed by atoms with Gasteiger partial charge >= 0.3 is 0 Å². The van der Waals surface area contributed by atoms with Gasteiger partial charge in [-0.15, -0.1) is 11.3 Å². The van der Waals surface area contributed by atoms with Crippen molar-refractivity contribution in [1.29, 1.82) is 0 Å². The molecule has 0 aliphatic rings. The van der Waals surface area contributed by atoms with E-state index in [9.17, 15) is 0 Å². The molecule has 0 fully saturated rings. The molecule has 4 aromatic rings. The van der Waals surface area contributed by atoms with Crippen LogP contribution in [0.1, 0.15) is 17.0 Å². The van der Waals surface area contributed by atoms with Gasteiger partial charge in [-0.1, -0.05) is 44.0 Å². The molecule has 0 atom stereocenters. The van der Waals surface area contributed by atoms with Gasteiger partial charge in [-0.25, -0.2) is 4.98 Å². The predicted molar refractivity (Wildman–Crippen MR) is 129 cm³/mol. The van der Waals surface area contributed by atoms with E-state index in [0.717, 1.165) is 48.0 Å². The number of nitrogens with one attached hydrogen (secondary N) is 1. The summed E-state index contributed by atoms with van der Waals surface area (Å²) in [5, 5.41) is 7.19. The van der Waals surface area contributed by atoms with Crippen molar-refractivity contribution in [3.63, 3.8) is 0 Å². The van der Waals surface area contributed by atoms with Gasteiger partial charge in [0.15, 0.2) is 0 Å². The van der Waals surface area contributed by atoms with Crippen molar-refractivity contribution in [2.45, 2.75) is 13.8 Å². The molecule has 1 N–H and O–H groups in total. The van der Waals surface area contributed by atoms with Crippen molar-refractivity contribution < 1.29 is 0 Å². The number of benzene rings is 2. The van der Waals surface area contributed by atoms with Crippen LogP contribution in [0.3, 0.4) is 0 Å². The summed E-state index contributed by atoms with van der Waals surface area (Å²) in [6.45, 7) is 4.20. The molecule has 0 aliphatic heterocycles. The number of nitrogens with zero attached hydrogens (tertiary/aromatic N) is 3. The van der Waals surface area contributed by atoms with Gasteiger partial charge in [0.05, 0.1) is 11.9 Å². The van der Waals surface area contributed by atoms with Crippen molar-refractivity contribution in [3.8, 4) is 16.9 Å². The third-order valence-corrected chi connectivity index (χ3v) is 6.37. The number of aromatic nitrogens is 2. The highest BCUT2D eigenvalue weighted by Crippen LogP contribution is 2.26. The van der Waals surface area contributed by atoms with E-state index in [-0.39, 0.29) is 0 Å². The lowest BCUT2D eigenvalue weighted by Crippen LogP contribution is -1.99. The molecule has 4 nitrogen and oxygen atoms in total. The number of hydrogen-bond acceptors (Lipinski definition) is 4. The minimum absolute atomic E-state index is 0.765. The Kier molecular flexibility index (Phi) is 5.99. The highest BCUT2D eigenvalue weighted by molar-refractivity contribution is 9.10. The fourth-order valence-electron chi connectivity index (χ4n) is 3.14. The Morgan fingerprint density at radius 2 is 1.66 bits per heavy atom. The van der Waals surface area contributed by atoms with E-state index < -0.39 is 0 Å². The van der Waals surface area contributed by atoms with E-state index in [1.165, 1.54) is 11.3 Å². The number of thiazole rings is 1. The molecule has 7 heteroatoms. The van der Waals surface area contributed by atoms with Gasteiger partial charge in [-0.2, -0.15) is 5.10 Å². The van der Waals surface area contributed by atoms with Crippen molar-refractivity contribution in [1.82, 2.24) is 9.55 Å². The summed E-state index contributed by atoms with van der Waals surface area (Å²) in [7, 11) is 0. The van der Waals surface area contributed by atoms with Crippen molar-refractivity contribution in [3.05, 3.63) is 85.9 Å². The molecule has 29 heavy (non-hydrogen) atoms. The Morgan fingerprint density at radius 1 is 1.00 bits per heavy atom. The van der Waals surface area contributed by atoms with E-state index in [1.54, 1.807) is 0 Å². The molecule has 0 bridgehead atoms. The number of rotatable bonds is 5. The van der Waals surface area contributed by atoms with Crippen molar-refractivity contribution >= 4 is 54.5 Å². The third kappa shape index (κ3) is 4.52. The molecular weight excluding hydrogens is 512 g/mol. The van der Waals surface area contributed by atoms with Gasteiger partial charge in [0.25, 0.3) is 0 Å². The van der Waals surface area contributed by atoms with Crippen LogP contribution in [0.2, 0.25) is 0 Å². The lowest BCUT2D eigenvalue weighted by atomic mass is 10.2. The van der Waals surface area contributed by atoms with Crippen molar-refractivity contribution in [2.24, 2.45) is 5.10 Å². The topological polar surface area (TPSA) is 42.2 Å². The molecular formula is C22H18Br2N4S. The minimum atomic E-state index is 0.765. The fraction of sp³-hybridized carbons (Fsp3) is 0.0909. The second kappa shape index (κ2) is 8.65. The zero-order valence-electron chi connectivity index (χ0n) is 15.9. The number of hydrogen-bond donors (Lipinski definition) is 1. The molecule has 2 aromatic carbocycles. The first-order chi connectivity index (χ1) is 14.0. The molecule has 2 aromatic heterocycles. The maximum Gasteiger partial charge on any atom is 0.203 e. The number of halogens is 2. The zero-order valence-corrected chi connectivity index (χ0v) is 19.8. The van der Waals surface area contributed by atoms with Gasteiger partial charge in [-0.05, 0) is 56.3 Å². The minimum Gasteiger partial charge on any atom is -0.318 e. The van der Waals surface area contributed by atoms with Crippen LogP contribution in [0.15, 0.2) is 74.0 Å². The van der Waals surface area contributed by atoms with E-state index in [1.807, 2.05) is 35.9 Å². The Balaban J connectivity index is 1.50. The van der Waals surface area contributed by atoms with Gasteiger partial charge in [0.2, 0.25) is 5.13 Å². The van der Waals surface area contributed by atoms with Crippen LogP contribution in [-0.4, -0.2) is 15.8 Å². The normalized spacial score (nSPS) is 11.3. The molecule has 4 rings (SSSR count). The summed E-state index contributed by atoms with van der Waals surface area (Å²) in [5.74, 6) is 0. The maximum absolute atomic E-state index is 4.61. The van der Waals surface area contributed by atoms with Gasteiger partial charge in [0, 0.05) is 42.5 Å².